The number of benzene rings is 1. The number of carbonyl (C=O) groups is 2. The number of ketones is 1. The number of Topliss-reactive ketones (excluding diaryl/α,β-unsaturated/α-hetero) is 1. The van der Waals surface area contributed by atoms with Crippen LogP contribution in [0.2, 0.25) is 5.02 Å². The highest BCUT2D eigenvalue weighted by Crippen LogP contribution is 2.25. The van der Waals surface area contributed by atoms with Gasteiger partial charge in [0.1, 0.15) is 17.1 Å². The highest BCUT2D eigenvalue weighted by atomic mass is 35.5. The van der Waals surface area contributed by atoms with E-state index in [9.17, 15) is 9.59 Å². The van der Waals surface area contributed by atoms with Crippen LogP contribution in [0.4, 0.5) is 0 Å². The van der Waals surface area contributed by atoms with Gasteiger partial charge in [0.25, 0.3) is 0 Å². The number of hydrogen-bond acceptors (Lipinski definition) is 4. The molecule has 0 spiro atoms. The van der Waals surface area contributed by atoms with Crippen molar-refractivity contribution in [1.82, 2.24) is 0 Å². The smallest absolute Gasteiger partial charge is 0.341 e. The predicted molar refractivity (Wildman–Crippen MR) is 79.8 cm³/mol. The third kappa shape index (κ3) is 3.61. The van der Waals surface area contributed by atoms with Crippen LogP contribution in [0.5, 0.6) is 0 Å². The Hall–Kier alpha value is -2.33. The maximum Gasteiger partial charge on any atom is 0.341 e. The molecule has 0 fully saturated rings. The molecule has 0 N–H and O–H groups in total. The van der Waals surface area contributed by atoms with Crippen LogP contribution in [-0.4, -0.2) is 18.9 Å². The lowest BCUT2D eigenvalue weighted by molar-refractivity contribution is -0.137. The number of rotatable bonds is 4. The molecule has 0 unspecified atom stereocenters. The van der Waals surface area contributed by atoms with Crippen molar-refractivity contribution >= 4 is 29.4 Å². The van der Waals surface area contributed by atoms with E-state index in [4.69, 9.17) is 16.0 Å². The van der Waals surface area contributed by atoms with Gasteiger partial charge < -0.3 is 9.15 Å². The molecule has 0 aliphatic carbocycles. The quantitative estimate of drug-likeness (QED) is 0.374. The summed E-state index contributed by atoms with van der Waals surface area (Å²) in [5.74, 6) is -0.0560. The summed E-state index contributed by atoms with van der Waals surface area (Å²) in [7, 11) is 1.22. The van der Waals surface area contributed by atoms with Crippen LogP contribution in [0.15, 0.2) is 46.4 Å². The molecular formula is C16H13ClO4. The zero-order chi connectivity index (χ0) is 15.4. The lowest BCUT2D eigenvalue weighted by Gasteiger charge is -2.00. The number of ether oxygens (including phenoxy) is 1. The van der Waals surface area contributed by atoms with Crippen molar-refractivity contribution in [2.45, 2.75) is 6.92 Å². The molecule has 0 atom stereocenters. The largest absolute Gasteiger partial charge is 0.465 e. The molecule has 2 aromatic rings. The van der Waals surface area contributed by atoms with E-state index in [1.165, 1.54) is 20.1 Å². The normalized spacial score (nSPS) is 11.3. The van der Waals surface area contributed by atoms with Gasteiger partial charge in [0, 0.05) is 10.6 Å². The fraction of sp³-hybridized carbons (Fsp3) is 0.125. The Morgan fingerprint density at radius 2 is 1.81 bits per heavy atom. The van der Waals surface area contributed by atoms with Crippen molar-refractivity contribution in [3.05, 3.63) is 52.8 Å². The van der Waals surface area contributed by atoms with E-state index in [0.717, 1.165) is 5.56 Å². The third-order valence-electron chi connectivity index (χ3n) is 2.83. The zero-order valence-electron chi connectivity index (χ0n) is 11.6. The van der Waals surface area contributed by atoms with Crippen LogP contribution in [0, 0.1) is 0 Å². The first-order chi connectivity index (χ1) is 10.0. The minimum absolute atomic E-state index is 0.0606. The molecule has 0 saturated heterocycles. The standard InChI is InChI=1S/C16H13ClO4/c1-10(18)14(16(19)20-2)9-13-7-8-15(21-13)11-3-5-12(17)6-4-11/h3-9H,1-2H3. The fourth-order valence-corrected chi connectivity index (χ4v) is 1.88. The molecule has 1 aromatic carbocycles. The van der Waals surface area contributed by atoms with Gasteiger partial charge in [-0.05, 0) is 49.4 Å². The molecular weight excluding hydrogens is 292 g/mol. The maximum absolute atomic E-state index is 11.5. The highest BCUT2D eigenvalue weighted by Gasteiger charge is 2.16. The monoisotopic (exact) mass is 304 g/mol. The van der Waals surface area contributed by atoms with Crippen LogP contribution in [-0.2, 0) is 14.3 Å². The van der Waals surface area contributed by atoms with E-state index in [1.54, 1.807) is 24.3 Å². The average molecular weight is 305 g/mol. The van der Waals surface area contributed by atoms with Gasteiger partial charge in [-0.15, -0.1) is 0 Å². The number of carbonyl (C=O) groups excluding carboxylic acids is 2. The van der Waals surface area contributed by atoms with Crippen LogP contribution < -0.4 is 0 Å². The van der Waals surface area contributed by atoms with Gasteiger partial charge in [0.2, 0.25) is 0 Å². The number of halogens is 1. The van der Waals surface area contributed by atoms with Gasteiger partial charge in [0.15, 0.2) is 5.78 Å². The van der Waals surface area contributed by atoms with Gasteiger partial charge in [-0.3, -0.25) is 4.79 Å². The van der Waals surface area contributed by atoms with E-state index in [2.05, 4.69) is 4.74 Å². The topological polar surface area (TPSA) is 56.5 Å². The number of methoxy groups -OCH3 is 1. The Kier molecular flexibility index (Phi) is 4.60. The van der Waals surface area contributed by atoms with Crippen molar-refractivity contribution in [2.75, 3.05) is 7.11 Å². The van der Waals surface area contributed by atoms with E-state index in [0.29, 0.717) is 16.5 Å². The first-order valence-electron chi connectivity index (χ1n) is 6.18. The second-order valence-corrected chi connectivity index (χ2v) is 4.75. The minimum Gasteiger partial charge on any atom is -0.465 e. The van der Waals surface area contributed by atoms with Crippen molar-refractivity contribution < 1.29 is 18.7 Å². The zero-order valence-corrected chi connectivity index (χ0v) is 12.3. The molecule has 0 radical (unpaired) electrons. The summed E-state index contributed by atoms with van der Waals surface area (Å²) in [6, 6.07) is 10.6. The summed E-state index contributed by atoms with van der Waals surface area (Å²) in [5, 5.41) is 0.634. The van der Waals surface area contributed by atoms with Crippen molar-refractivity contribution in [3.63, 3.8) is 0 Å². The summed E-state index contributed by atoms with van der Waals surface area (Å²) < 4.78 is 10.2. The van der Waals surface area contributed by atoms with Crippen molar-refractivity contribution in [1.29, 1.82) is 0 Å². The van der Waals surface area contributed by atoms with Gasteiger partial charge in [-0.1, -0.05) is 11.6 Å². The van der Waals surface area contributed by atoms with Crippen molar-refractivity contribution in [3.8, 4) is 11.3 Å². The number of hydrogen-bond donors (Lipinski definition) is 0. The minimum atomic E-state index is -0.688. The summed E-state index contributed by atoms with van der Waals surface area (Å²) in [6.45, 7) is 1.30. The number of esters is 1. The molecule has 0 aliphatic rings. The second-order valence-electron chi connectivity index (χ2n) is 4.31. The first kappa shape index (κ1) is 15.1. The Morgan fingerprint density at radius 1 is 1.14 bits per heavy atom. The van der Waals surface area contributed by atoms with Gasteiger partial charge >= 0.3 is 5.97 Å². The van der Waals surface area contributed by atoms with Crippen LogP contribution in [0.1, 0.15) is 12.7 Å². The summed E-state index contributed by atoms with van der Waals surface area (Å²) in [4.78, 5) is 22.9. The summed E-state index contributed by atoms with van der Waals surface area (Å²) in [5.41, 5.74) is 0.788. The summed E-state index contributed by atoms with van der Waals surface area (Å²) in [6.07, 6.45) is 1.37. The van der Waals surface area contributed by atoms with Gasteiger partial charge in [-0.2, -0.15) is 0 Å². The molecule has 0 saturated carbocycles. The molecule has 4 nitrogen and oxygen atoms in total. The lowest BCUT2D eigenvalue weighted by Crippen LogP contribution is -2.11. The maximum atomic E-state index is 11.5. The van der Waals surface area contributed by atoms with Gasteiger partial charge in [-0.25, -0.2) is 4.79 Å². The Morgan fingerprint density at radius 3 is 2.38 bits per heavy atom. The molecule has 0 aliphatic heterocycles. The first-order valence-corrected chi connectivity index (χ1v) is 6.56. The molecule has 1 aromatic heterocycles. The highest BCUT2D eigenvalue weighted by molar-refractivity contribution is 6.30. The second kappa shape index (κ2) is 6.41. The Bertz CT molecular complexity index is 695. The molecule has 1 heterocycles. The number of furan rings is 1. The van der Waals surface area contributed by atoms with Crippen LogP contribution in [0.25, 0.3) is 17.4 Å². The Labute approximate surface area is 127 Å². The van der Waals surface area contributed by atoms with Crippen LogP contribution >= 0.6 is 11.6 Å². The molecule has 5 heteroatoms. The van der Waals surface area contributed by atoms with Crippen LogP contribution in [0.3, 0.4) is 0 Å². The van der Waals surface area contributed by atoms with E-state index in [-0.39, 0.29) is 11.4 Å². The van der Waals surface area contributed by atoms with Crippen molar-refractivity contribution in [2.24, 2.45) is 0 Å². The Balaban J connectivity index is 2.32. The van der Waals surface area contributed by atoms with E-state index < -0.39 is 5.97 Å². The fourth-order valence-electron chi connectivity index (χ4n) is 1.76. The van der Waals surface area contributed by atoms with Gasteiger partial charge in [0.05, 0.1) is 7.11 Å². The summed E-state index contributed by atoms with van der Waals surface area (Å²) >= 11 is 5.83. The van der Waals surface area contributed by atoms with E-state index in [1.807, 2.05) is 12.1 Å². The molecule has 21 heavy (non-hydrogen) atoms. The molecule has 2 rings (SSSR count). The molecule has 108 valence electrons. The van der Waals surface area contributed by atoms with E-state index >= 15 is 0 Å². The average Bonchev–Trinajstić information content (AvgIpc) is 2.93. The predicted octanol–water partition coefficient (Wildman–Crippen LogP) is 3.75. The molecule has 0 bridgehead atoms. The molecule has 0 amide bonds. The SMILES string of the molecule is COC(=O)C(=Cc1ccc(-c2ccc(Cl)cc2)o1)C(C)=O. The third-order valence-corrected chi connectivity index (χ3v) is 3.08. The lowest BCUT2D eigenvalue weighted by atomic mass is 10.1.